The van der Waals surface area contributed by atoms with Crippen LogP contribution in [0.5, 0.6) is 0 Å². The highest BCUT2D eigenvalue weighted by atomic mass is 16.3. The minimum absolute atomic E-state index is 0.119. The summed E-state index contributed by atoms with van der Waals surface area (Å²) in [6.07, 6.45) is 3.23. The smallest absolute Gasteiger partial charge is 0.178 e. The van der Waals surface area contributed by atoms with Gasteiger partial charge >= 0.3 is 0 Å². The van der Waals surface area contributed by atoms with Gasteiger partial charge in [0.05, 0.1) is 0 Å². The summed E-state index contributed by atoms with van der Waals surface area (Å²) < 4.78 is 0. The summed E-state index contributed by atoms with van der Waals surface area (Å²) in [7, 11) is 5.75. The van der Waals surface area contributed by atoms with E-state index in [-0.39, 0.29) is 11.2 Å². The van der Waals surface area contributed by atoms with Gasteiger partial charge in [0.15, 0.2) is 19.5 Å². The number of anilines is 4. The molecular formula is C21H20BN5O. The standard InChI is InChI=1S/C21H20BN5O/c22-27-21(13-4-14-21)15-7-9-17(10-8-15)24-20-18(26-28)11-12-19(25-20)23-16-5-2-1-3-6-16/h1-3,5-12,27H,4,13-14H2,(H2,23,24,25). The summed E-state index contributed by atoms with van der Waals surface area (Å²) in [6, 6.07) is 21.1. The quantitative estimate of drug-likeness (QED) is 0.403. The van der Waals surface area contributed by atoms with E-state index in [1.165, 1.54) is 6.42 Å². The van der Waals surface area contributed by atoms with Gasteiger partial charge in [0, 0.05) is 16.9 Å². The van der Waals surface area contributed by atoms with Gasteiger partial charge in [0.2, 0.25) is 0 Å². The number of nitrogens with zero attached hydrogens (tertiary/aromatic N) is 2. The Balaban J connectivity index is 1.55. The van der Waals surface area contributed by atoms with Crippen LogP contribution in [0.1, 0.15) is 24.8 Å². The molecule has 0 aliphatic heterocycles. The normalized spacial score (nSPS) is 14.7. The molecule has 2 radical (unpaired) electrons. The van der Waals surface area contributed by atoms with Crippen molar-refractivity contribution in [2.24, 2.45) is 5.18 Å². The van der Waals surface area contributed by atoms with E-state index in [1.807, 2.05) is 54.6 Å². The van der Waals surface area contributed by atoms with Crippen LogP contribution < -0.4 is 15.9 Å². The average Bonchev–Trinajstić information content (AvgIpc) is 2.70. The van der Waals surface area contributed by atoms with Crippen LogP contribution in [-0.2, 0) is 5.54 Å². The molecule has 0 saturated heterocycles. The molecule has 7 heteroatoms. The fourth-order valence-corrected chi connectivity index (χ4v) is 3.41. The third-order valence-electron chi connectivity index (χ3n) is 5.20. The van der Waals surface area contributed by atoms with E-state index in [9.17, 15) is 4.91 Å². The first-order chi connectivity index (χ1) is 13.7. The average molecular weight is 369 g/mol. The third-order valence-corrected chi connectivity index (χ3v) is 5.20. The highest BCUT2D eigenvalue weighted by molar-refractivity contribution is 6.05. The summed E-state index contributed by atoms with van der Waals surface area (Å²) >= 11 is 0. The molecule has 0 atom stereocenters. The molecule has 1 aromatic heterocycles. The van der Waals surface area contributed by atoms with E-state index in [4.69, 9.17) is 7.98 Å². The molecule has 4 rings (SSSR count). The summed E-state index contributed by atoms with van der Waals surface area (Å²) in [5.41, 5.74) is 3.03. The Morgan fingerprint density at radius 1 is 0.893 bits per heavy atom. The number of para-hydroxylation sites is 1. The van der Waals surface area contributed by atoms with Gasteiger partial charge in [0.1, 0.15) is 5.82 Å². The number of aromatic nitrogens is 1. The summed E-state index contributed by atoms with van der Waals surface area (Å²) in [6.45, 7) is 0. The summed E-state index contributed by atoms with van der Waals surface area (Å²) in [4.78, 5) is 15.7. The van der Waals surface area contributed by atoms with Gasteiger partial charge in [-0.1, -0.05) is 30.3 Å². The number of nitroso groups, excluding NO2 is 1. The number of benzene rings is 2. The lowest BCUT2D eigenvalue weighted by Gasteiger charge is -2.43. The molecule has 1 heterocycles. The third kappa shape index (κ3) is 3.61. The Hall–Kier alpha value is -3.19. The van der Waals surface area contributed by atoms with Crippen molar-refractivity contribution in [3.05, 3.63) is 77.2 Å². The summed E-state index contributed by atoms with van der Waals surface area (Å²) in [5.74, 6) is 1.03. The first-order valence-corrected chi connectivity index (χ1v) is 9.24. The van der Waals surface area contributed by atoms with Crippen molar-refractivity contribution in [1.82, 2.24) is 10.2 Å². The molecule has 6 nitrogen and oxygen atoms in total. The van der Waals surface area contributed by atoms with E-state index in [1.54, 1.807) is 12.1 Å². The predicted molar refractivity (Wildman–Crippen MR) is 114 cm³/mol. The molecule has 3 aromatic rings. The molecule has 0 spiro atoms. The van der Waals surface area contributed by atoms with Gasteiger partial charge in [-0.05, 0) is 66.4 Å². The van der Waals surface area contributed by atoms with Crippen molar-refractivity contribution in [3.8, 4) is 0 Å². The number of rotatable bonds is 7. The van der Waals surface area contributed by atoms with Gasteiger partial charge in [-0.3, -0.25) is 0 Å². The minimum Gasteiger partial charge on any atom is -0.358 e. The van der Waals surface area contributed by atoms with Crippen molar-refractivity contribution < 1.29 is 0 Å². The van der Waals surface area contributed by atoms with Gasteiger partial charge in [-0.2, -0.15) is 0 Å². The molecule has 0 unspecified atom stereocenters. The van der Waals surface area contributed by atoms with Crippen LogP contribution in [0.15, 0.2) is 71.9 Å². The molecule has 1 fully saturated rings. The Kier molecular flexibility index (Phi) is 5.08. The molecule has 138 valence electrons. The van der Waals surface area contributed by atoms with E-state index < -0.39 is 0 Å². The minimum atomic E-state index is -0.119. The molecule has 1 saturated carbocycles. The molecule has 3 N–H and O–H groups in total. The second-order valence-electron chi connectivity index (χ2n) is 6.93. The first kappa shape index (κ1) is 18.2. The second-order valence-corrected chi connectivity index (χ2v) is 6.93. The van der Waals surface area contributed by atoms with Crippen LogP contribution in [0, 0.1) is 4.91 Å². The van der Waals surface area contributed by atoms with Gasteiger partial charge in [-0.25, -0.2) is 4.98 Å². The fourth-order valence-electron chi connectivity index (χ4n) is 3.41. The van der Waals surface area contributed by atoms with Crippen molar-refractivity contribution in [2.45, 2.75) is 24.8 Å². The monoisotopic (exact) mass is 369 g/mol. The first-order valence-electron chi connectivity index (χ1n) is 9.24. The zero-order valence-corrected chi connectivity index (χ0v) is 15.4. The maximum atomic E-state index is 11.2. The molecule has 0 amide bonds. The number of hydrogen-bond donors (Lipinski definition) is 3. The Bertz CT molecular complexity index is 953. The zero-order valence-electron chi connectivity index (χ0n) is 15.4. The lowest BCUT2D eigenvalue weighted by atomic mass is 9.71. The molecule has 2 aromatic carbocycles. The molecular weight excluding hydrogens is 349 g/mol. The van der Waals surface area contributed by atoms with Crippen LogP contribution >= 0.6 is 0 Å². The molecule has 1 aliphatic rings. The van der Waals surface area contributed by atoms with Gasteiger partial charge < -0.3 is 15.9 Å². The lowest BCUT2D eigenvalue weighted by molar-refractivity contribution is 0.227. The Morgan fingerprint density at radius 3 is 2.21 bits per heavy atom. The van der Waals surface area contributed by atoms with Crippen molar-refractivity contribution in [3.63, 3.8) is 0 Å². The van der Waals surface area contributed by atoms with Crippen molar-refractivity contribution >= 4 is 36.7 Å². The number of pyridine rings is 1. The topological polar surface area (TPSA) is 78.4 Å². The Morgan fingerprint density at radius 2 is 1.61 bits per heavy atom. The van der Waals surface area contributed by atoms with Crippen LogP contribution in [0.4, 0.5) is 28.7 Å². The van der Waals surface area contributed by atoms with E-state index >= 15 is 0 Å². The maximum absolute atomic E-state index is 11.2. The largest absolute Gasteiger partial charge is 0.358 e. The van der Waals surface area contributed by atoms with E-state index in [0.717, 1.165) is 29.8 Å². The van der Waals surface area contributed by atoms with Crippen LogP contribution in [0.2, 0.25) is 0 Å². The second kappa shape index (κ2) is 7.82. The van der Waals surface area contributed by atoms with Crippen LogP contribution in [-0.4, -0.2) is 13.0 Å². The van der Waals surface area contributed by atoms with Crippen LogP contribution in [0.3, 0.4) is 0 Å². The fraction of sp³-hybridized carbons (Fsp3) is 0.190. The van der Waals surface area contributed by atoms with E-state index in [2.05, 4.69) is 26.0 Å². The molecule has 28 heavy (non-hydrogen) atoms. The van der Waals surface area contributed by atoms with Crippen molar-refractivity contribution in [1.29, 1.82) is 0 Å². The van der Waals surface area contributed by atoms with Crippen molar-refractivity contribution in [2.75, 3.05) is 10.6 Å². The van der Waals surface area contributed by atoms with E-state index in [0.29, 0.717) is 11.6 Å². The number of hydrogen-bond acceptors (Lipinski definition) is 6. The highest BCUT2D eigenvalue weighted by Gasteiger charge is 2.36. The lowest BCUT2D eigenvalue weighted by Crippen LogP contribution is -2.46. The molecule has 1 aliphatic carbocycles. The summed E-state index contributed by atoms with van der Waals surface area (Å²) in [5, 5.41) is 12.4. The Labute approximate surface area is 165 Å². The predicted octanol–water partition coefficient (Wildman–Crippen LogP) is 5.02. The van der Waals surface area contributed by atoms with Gasteiger partial charge in [0.25, 0.3) is 0 Å². The highest BCUT2D eigenvalue weighted by Crippen LogP contribution is 2.41. The number of nitrogens with one attached hydrogen (secondary N) is 3. The maximum Gasteiger partial charge on any atom is 0.178 e. The van der Waals surface area contributed by atoms with Crippen LogP contribution in [0.25, 0.3) is 0 Å². The molecule has 0 bridgehead atoms. The van der Waals surface area contributed by atoms with Gasteiger partial charge in [-0.15, -0.1) is 4.91 Å². The SMILES string of the molecule is [B]NC1(c2ccc(Nc3nc(Nc4ccccc4)ccc3N=O)cc2)CCC1. The zero-order chi connectivity index (χ0) is 19.4.